The van der Waals surface area contributed by atoms with Gasteiger partial charge in [0.1, 0.15) is 17.7 Å². The van der Waals surface area contributed by atoms with E-state index >= 15 is 0 Å². The highest BCUT2D eigenvalue weighted by Crippen LogP contribution is 2.46. The molecule has 5 atom stereocenters. The van der Waals surface area contributed by atoms with Gasteiger partial charge in [-0.25, -0.2) is 13.4 Å². The first-order valence-corrected chi connectivity index (χ1v) is 16.3. The molecular formula is C30H39Cl2N5O6S. The van der Waals surface area contributed by atoms with Gasteiger partial charge in [0.25, 0.3) is 5.91 Å². The van der Waals surface area contributed by atoms with Gasteiger partial charge in [-0.05, 0) is 56.0 Å². The van der Waals surface area contributed by atoms with Gasteiger partial charge in [-0.3, -0.25) is 19.1 Å². The van der Waals surface area contributed by atoms with E-state index in [-0.39, 0.29) is 56.0 Å². The van der Waals surface area contributed by atoms with Crippen molar-refractivity contribution >= 4 is 63.3 Å². The molecule has 0 spiro atoms. The molecule has 1 aromatic heterocycles. The summed E-state index contributed by atoms with van der Waals surface area (Å²) in [4.78, 5) is 46.7. The van der Waals surface area contributed by atoms with Crippen LogP contribution in [-0.2, 0) is 24.4 Å². The number of nitrogens with zero attached hydrogens (tertiary/aromatic N) is 2. The van der Waals surface area contributed by atoms with Crippen LogP contribution in [0.25, 0.3) is 10.8 Å². The Bertz CT molecular complexity index is 1530. The molecule has 1 saturated heterocycles. The molecule has 4 aliphatic rings. The van der Waals surface area contributed by atoms with E-state index in [9.17, 15) is 22.8 Å². The molecule has 3 heterocycles. The molecule has 2 saturated carbocycles. The van der Waals surface area contributed by atoms with Crippen molar-refractivity contribution in [2.24, 2.45) is 11.7 Å². The largest absolute Gasteiger partial charge is 0.472 e. The Labute approximate surface area is 269 Å². The number of nitrogens with two attached hydrogens (primary N) is 1. The molecule has 2 aliphatic heterocycles. The Balaban J connectivity index is 0.00000221. The van der Waals surface area contributed by atoms with Crippen molar-refractivity contribution in [1.29, 1.82) is 0 Å². The third-order valence-electron chi connectivity index (χ3n) is 8.80. The van der Waals surface area contributed by atoms with Gasteiger partial charge in [0.15, 0.2) is 0 Å². The molecule has 0 unspecified atom stereocenters. The number of benzene rings is 1. The predicted molar refractivity (Wildman–Crippen MR) is 170 cm³/mol. The fourth-order valence-electron chi connectivity index (χ4n) is 6.09. The van der Waals surface area contributed by atoms with Crippen molar-refractivity contribution in [2.75, 3.05) is 6.54 Å². The van der Waals surface area contributed by atoms with Crippen LogP contribution in [0.4, 0.5) is 0 Å². The van der Waals surface area contributed by atoms with Crippen LogP contribution in [0.1, 0.15) is 57.8 Å². The van der Waals surface area contributed by atoms with Gasteiger partial charge in [-0.2, -0.15) is 0 Å². The molecule has 11 nitrogen and oxygen atoms in total. The third kappa shape index (κ3) is 6.98. The molecule has 6 rings (SSSR count). The lowest BCUT2D eigenvalue weighted by Gasteiger charge is -2.28. The Morgan fingerprint density at radius 1 is 1.09 bits per heavy atom. The monoisotopic (exact) mass is 667 g/mol. The second kappa shape index (κ2) is 13.6. The van der Waals surface area contributed by atoms with E-state index in [1.54, 1.807) is 6.20 Å². The molecule has 3 fully saturated rings. The Hall–Kier alpha value is -2.93. The topological polar surface area (TPSA) is 161 Å². The summed E-state index contributed by atoms with van der Waals surface area (Å²) in [6.07, 6.45) is 10.3. The van der Waals surface area contributed by atoms with Gasteiger partial charge in [-0.15, -0.1) is 24.8 Å². The van der Waals surface area contributed by atoms with Crippen LogP contribution in [0.3, 0.4) is 0 Å². The number of amides is 3. The summed E-state index contributed by atoms with van der Waals surface area (Å²) >= 11 is 0. The zero-order valence-electron chi connectivity index (χ0n) is 24.2. The van der Waals surface area contributed by atoms with E-state index in [4.69, 9.17) is 10.5 Å². The van der Waals surface area contributed by atoms with Crippen molar-refractivity contribution in [1.82, 2.24) is 19.9 Å². The number of pyridine rings is 1. The number of hydrogen-bond acceptors (Lipinski definition) is 8. The van der Waals surface area contributed by atoms with Crippen molar-refractivity contribution in [3.05, 3.63) is 48.7 Å². The van der Waals surface area contributed by atoms with Crippen LogP contribution in [0.5, 0.6) is 5.88 Å². The summed E-state index contributed by atoms with van der Waals surface area (Å²) < 4.78 is 33.7. The maximum atomic E-state index is 13.9. The van der Waals surface area contributed by atoms with Crippen molar-refractivity contribution in [2.45, 2.75) is 86.8 Å². The molecule has 1 aromatic carbocycles. The lowest BCUT2D eigenvalue weighted by Crippen LogP contribution is -2.57. The first-order chi connectivity index (χ1) is 20.2. The number of sulfonamides is 1. The number of halogens is 2. The number of hydrogen-bond donors (Lipinski definition) is 3. The van der Waals surface area contributed by atoms with E-state index in [1.807, 2.05) is 42.5 Å². The molecule has 2 aliphatic carbocycles. The van der Waals surface area contributed by atoms with E-state index in [0.29, 0.717) is 25.1 Å². The fourth-order valence-corrected chi connectivity index (χ4v) is 7.45. The molecule has 3 amide bonds. The summed E-state index contributed by atoms with van der Waals surface area (Å²) in [6.45, 7) is 0.133. The Kier molecular flexibility index (Phi) is 10.5. The molecule has 14 heteroatoms. The second-order valence-corrected chi connectivity index (χ2v) is 13.9. The molecular weight excluding hydrogens is 629 g/mol. The van der Waals surface area contributed by atoms with Crippen LogP contribution in [-0.4, -0.2) is 71.5 Å². The van der Waals surface area contributed by atoms with Gasteiger partial charge < -0.3 is 20.7 Å². The highest BCUT2D eigenvalue weighted by Gasteiger charge is 2.62. The van der Waals surface area contributed by atoms with Gasteiger partial charge in [-0.1, -0.05) is 43.2 Å². The highest BCUT2D eigenvalue weighted by molar-refractivity contribution is 7.91. The van der Waals surface area contributed by atoms with E-state index in [1.165, 1.54) is 4.90 Å². The predicted octanol–water partition coefficient (Wildman–Crippen LogP) is 2.76. The zero-order valence-corrected chi connectivity index (χ0v) is 26.7. The number of carbonyl (C=O) groups is 3. The Morgan fingerprint density at radius 2 is 1.86 bits per heavy atom. The normalized spacial score (nSPS) is 29.8. The van der Waals surface area contributed by atoms with Crippen LogP contribution in [0.2, 0.25) is 0 Å². The van der Waals surface area contributed by atoms with E-state index in [0.717, 1.165) is 36.5 Å². The minimum atomic E-state index is -3.81. The minimum Gasteiger partial charge on any atom is -0.472 e. The summed E-state index contributed by atoms with van der Waals surface area (Å²) in [5.41, 5.74) is 4.93. The van der Waals surface area contributed by atoms with Crippen LogP contribution in [0, 0.1) is 5.92 Å². The molecule has 4 N–H and O–H groups in total. The van der Waals surface area contributed by atoms with Crippen LogP contribution < -0.4 is 20.5 Å². The van der Waals surface area contributed by atoms with Gasteiger partial charge in [0, 0.05) is 23.9 Å². The van der Waals surface area contributed by atoms with Crippen molar-refractivity contribution in [3.63, 3.8) is 0 Å². The first kappa shape index (κ1) is 34.0. The van der Waals surface area contributed by atoms with Gasteiger partial charge in [0.05, 0.1) is 17.8 Å². The van der Waals surface area contributed by atoms with Crippen molar-refractivity contribution in [3.8, 4) is 5.88 Å². The number of aromatic nitrogens is 1. The smallest absolute Gasteiger partial charge is 0.259 e. The average molecular weight is 669 g/mol. The van der Waals surface area contributed by atoms with Gasteiger partial charge >= 0.3 is 0 Å². The molecule has 240 valence electrons. The number of fused-ring (bicyclic) bond motifs is 3. The van der Waals surface area contributed by atoms with Gasteiger partial charge in [0.2, 0.25) is 27.7 Å². The number of nitrogens with one attached hydrogen (secondary N) is 2. The SMILES string of the molecule is Cl.Cl.N[C@H]1CCCCC/C=C\[C@@H]2C[C@@]2(C(=O)NS(=O)(=O)C2CC2)NC(=O)[C@@H]2C[C@@H](Oc3nccc4ccccc34)CN2C1=O. The molecule has 0 radical (unpaired) electrons. The molecule has 0 bridgehead atoms. The quantitative estimate of drug-likeness (QED) is 0.410. The highest BCUT2D eigenvalue weighted by atomic mass is 35.5. The maximum absolute atomic E-state index is 13.9. The minimum absolute atomic E-state index is 0. The van der Waals surface area contributed by atoms with E-state index < -0.39 is 50.8 Å². The Morgan fingerprint density at radius 3 is 2.64 bits per heavy atom. The summed E-state index contributed by atoms with van der Waals surface area (Å²) in [5.74, 6) is -1.55. The lowest BCUT2D eigenvalue weighted by atomic mass is 10.1. The number of rotatable bonds is 5. The number of ether oxygens (including phenoxy) is 1. The second-order valence-electron chi connectivity index (χ2n) is 11.9. The summed E-state index contributed by atoms with van der Waals surface area (Å²) in [7, 11) is -3.81. The van der Waals surface area contributed by atoms with Crippen molar-refractivity contribution < 1.29 is 27.5 Å². The number of allylic oxidation sites excluding steroid dienone is 1. The standard InChI is InChI=1S/C30H37N5O6S.2ClH/c31-24-11-5-3-1-2-4-9-20-17-30(20,29(38)34-42(39,40)22-12-13-22)33-26(36)25-16-21(18-35(25)28(24)37)41-27-23-10-7-6-8-19(23)14-15-32-27;;/h4,6-10,14-15,20-22,24-25H,1-3,5,11-13,16-18,31H2,(H,33,36)(H,34,38);2*1H/b9-4-;;/t20-,21-,24+,25+,30-;;/m1../s1. The first-order valence-electron chi connectivity index (χ1n) is 14.8. The van der Waals surface area contributed by atoms with Crippen LogP contribution in [0.15, 0.2) is 48.7 Å². The number of carbonyl (C=O) groups excluding carboxylic acids is 3. The summed E-state index contributed by atoms with van der Waals surface area (Å²) in [5, 5.41) is 4.06. The fraction of sp³-hybridized carbons (Fsp3) is 0.533. The average Bonchev–Trinajstić information content (AvgIpc) is 3.89. The molecule has 2 aromatic rings. The summed E-state index contributed by atoms with van der Waals surface area (Å²) in [6, 6.07) is 7.83. The third-order valence-corrected chi connectivity index (χ3v) is 10.6. The lowest BCUT2D eigenvalue weighted by molar-refractivity contribution is -0.140. The zero-order chi connectivity index (χ0) is 29.5. The maximum Gasteiger partial charge on any atom is 0.259 e. The molecule has 44 heavy (non-hydrogen) atoms. The van der Waals surface area contributed by atoms with E-state index in [2.05, 4.69) is 15.0 Å². The van der Waals surface area contributed by atoms with Crippen LogP contribution >= 0.6 is 24.8 Å².